The molecule has 128 valence electrons. The average Bonchev–Trinajstić information content (AvgIpc) is 2.60. The van der Waals surface area contributed by atoms with E-state index in [-0.39, 0.29) is 5.82 Å². The lowest BCUT2D eigenvalue weighted by molar-refractivity contribution is 0.402. The van der Waals surface area contributed by atoms with Gasteiger partial charge in [-0.1, -0.05) is 30.0 Å². The largest absolute Gasteiger partial charge is 0.339 e. The number of nitrogens with zero attached hydrogens (tertiary/aromatic N) is 3. The standard InChI is InChI=1S/C20H20FN3S/c1-23(2)10-5-11-24-17-9-8-14(21)12-18(17)25-19-13-22-16-7-4-3-6-15(16)20(19)24/h3-4,6-9,12-13H,5,10-11H2,1-2H3. The van der Waals surface area contributed by atoms with Crippen molar-refractivity contribution in [2.24, 2.45) is 0 Å². The van der Waals surface area contributed by atoms with Gasteiger partial charge in [-0.2, -0.15) is 0 Å². The molecule has 3 aromatic rings. The highest BCUT2D eigenvalue weighted by atomic mass is 32.2. The first-order valence-electron chi connectivity index (χ1n) is 8.41. The van der Waals surface area contributed by atoms with E-state index in [0.717, 1.165) is 45.9 Å². The van der Waals surface area contributed by atoms with Crippen molar-refractivity contribution in [1.82, 2.24) is 9.88 Å². The van der Waals surface area contributed by atoms with Crippen LogP contribution in [0.2, 0.25) is 0 Å². The van der Waals surface area contributed by atoms with Crippen LogP contribution in [0.4, 0.5) is 15.8 Å². The van der Waals surface area contributed by atoms with E-state index in [2.05, 4.69) is 34.9 Å². The van der Waals surface area contributed by atoms with Crippen molar-refractivity contribution in [2.75, 3.05) is 32.1 Å². The summed E-state index contributed by atoms with van der Waals surface area (Å²) >= 11 is 1.60. The number of rotatable bonds is 4. The molecule has 0 spiro atoms. The highest BCUT2D eigenvalue weighted by molar-refractivity contribution is 7.99. The summed E-state index contributed by atoms with van der Waals surface area (Å²) in [5, 5.41) is 1.15. The minimum absolute atomic E-state index is 0.198. The Labute approximate surface area is 151 Å². The Morgan fingerprint density at radius 1 is 1.12 bits per heavy atom. The smallest absolute Gasteiger partial charge is 0.124 e. The molecule has 0 N–H and O–H groups in total. The summed E-state index contributed by atoms with van der Waals surface area (Å²) in [5.74, 6) is -0.198. The summed E-state index contributed by atoms with van der Waals surface area (Å²) in [7, 11) is 4.17. The minimum atomic E-state index is -0.198. The lowest BCUT2D eigenvalue weighted by Crippen LogP contribution is -2.25. The molecular formula is C20H20FN3S. The SMILES string of the molecule is CN(C)CCCN1c2ccc(F)cc2Sc2cnc3ccccc3c21. The van der Waals surface area contributed by atoms with Gasteiger partial charge in [0.05, 0.1) is 21.8 Å². The van der Waals surface area contributed by atoms with Crippen molar-refractivity contribution < 1.29 is 4.39 Å². The second-order valence-electron chi connectivity index (χ2n) is 6.51. The third-order valence-corrected chi connectivity index (χ3v) is 5.47. The Morgan fingerprint density at radius 2 is 1.96 bits per heavy atom. The van der Waals surface area contributed by atoms with Crippen molar-refractivity contribution >= 4 is 34.0 Å². The first-order valence-corrected chi connectivity index (χ1v) is 9.22. The molecule has 5 heteroatoms. The van der Waals surface area contributed by atoms with Crippen LogP contribution in [0.5, 0.6) is 0 Å². The molecule has 2 heterocycles. The predicted molar refractivity (Wildman–Crippen MR) is 102 cm³/mol. The van der Waals surface area contributed by atoms with Gasteiger partial charge in [-0.3, -0.25) is 4.98 Å². The second kappa shape index (κ2) is 6.65. The van der Waals surface area contributed by atoms with Crippen molar-refractivity contribution in [3.63, 3.8) is 0 Å². The molecule has 0 amide bonds. The molecule has 3 nitrogen and oxygen atoms in total. The molecule has 2 aromatic carbocycles. The van der Waals surface area contributed by atoms with Crippen LogP contribution in [-0.4, -0.2) is 37.1 Å². The van der Waals surface area contributed by atoms with Crippen LogP contribution in [0.15, 0.2) is 58.5 Å². The van der Waals surface area contributed by atoms with Gasteiger partial charge in [-0.05, 0) is 51.3 Å². The molecule has 1 aliphatic rings. The van der Waals surface area contributed by atoms with E-state index < -0.39 is 0 Å². The third kappa shape index (κ3) is 3.10. The number of para-hydroxylation sites is 1. The molecule has 0 atom stereocenters. The lowest BCUT2D eigenvalue weighted by atomic mass is 10.1. The molecule has 0 aliphatic carbocycles. The zero-order valence-electron chi connectivity index (χ0n) is 14.4. The number of benzene rings is 2. The fourth-order valence-electron chi connectivity index (χ4n) is 3.27. The summed E-state index contributed by atoms with van der Waals surface area (Å²) in [6.07, 6.45) is 2.94. The van der Waals surface area contributed by atoms with E-state index in [0.29, 0.717) is 0 Å². The second-order valence-corrected chi connectivity index (χ2v) is 7.59. The summed E-state index contributed by atoms with van der Waals surface area (Å²) in [5.41, 5.74) is 3.26. The number of pyridine rings is 1. The summed E-state index contributed by atoms with van der Waals surface area (Å²) in [6, 6.07) is 13.3. The molecule has 0 radical (unpaired) electrons. The zero-order chi connectivity index (χ0) is 17.4. The van der Waals surface area contributed by atoms with Gasteiger partial charge in [-0.15, -0.1) is 0 Å². The van der Waals surface area contributed by atoms with Crippen molar-refractivity contribution in [1.29, 1.82) is 0 Å². The Morgan fingerprint density at radius 3 is 2.80 bits per heavy atom. The summed E-state index contributed by atoms with van der Waals surface area (Å²) < 4.78 is 13.8. The van der Waals surface area contributed by atoms with Crippen LogP contribution in [0.25, 0.3) is 10.9 Å². The quantitative estimate of drug-likeness (QED) is 0.662. The van der Waals surface area contributed by atoms with Gasteiger partial charge < -0.3 is 9.80 Å². The Balaban J connectivity index is 1.84. The zero-order valence-corrected chi connectivity index (χ0v) is 15.2. The molecule has 0 fully saturated rings. The predicted octanol–water partition coefficient (Wildman–Crippen LogP) is 4.93. The molecular weight excluding hydrogens is 333 g/mol. The highest BCUT2D eigenvalue weighted by Crippen LogP contribution is 2.50. The van der Waals surface area contributed by atoms with Crippen LogP contribution in [-0.2, 0) is 0 Å². The fourth-order valence-corrected chi connectivity index (χ4v) is 4.38. The van der Waals surface area contributed by atoms with Gasteiger partial charge in [0.2, 0.25) is 0 Å². The number of hydrogen-bond donors (Lipinski definition) is 0. The molecule has 4 rings (SSSR count). The average molecular weight is 353 g/mol. The van der Waals surface area contributed by atoms with Crippen LogP contribution in [0.1, 0.15) is 6.42 Å². The molecule has 0 saturated heterocycles. The van der Waals surface area contributed by atoms with Gasteiger partial charge in [-0.25, -0.2) is 4.39 Å². The van der Waals surface area contributed by atoms with Crippen molar-refractivity contribution in [3.05, 3.63) is 54.5 Å². The van der Waals surface area contributed by atoms with E-state index >= 15 is 0 Å². The molecule has 0 saturated carbocycles. The van der Waals surface area contributed by atoms with Gasteiger partial charge in [0, 0.05) is 23.0 Å². The number of halogens is 1. The molecule has 1 aromatic heterocycles. The third-order valence-electron chi connectivity index (χ3n) is 4.40. The monoisotopic (exact) mass is 353 g/mol. The van der Waals surface area contributed by atoms with Gasteiger partial charge in [0.25, 0.3) is 0 Å². The highest BCUT2D eigenvalue weighted by Gasteiger charge is 2.26. The van der Waals surface area contributed by atoms with Gasteiger partial charge in [0.15, 0.2) is 0 Å². The topological polar surface area (TPSA) is 19.4 Å². The first-order chi connectivity index (χ1) is 12.1. The van der Waals surface area contributed by atoms with Crippen molar-refractivity contribution in [3.8, 4) is 0 Å². The fraction of sp³-hybridized carbons (Fsp3) is 0.250. The normalized spacial score (nSPS) is 13.2. The summed E-state index contributed by atoms with van der Waals surface area (Å²) in [4.78, 5) is 11.1. The Bertz CT molecular complexity index is 926. The number of fused-ring (bicyclic) bond motifs is 4. The van der Waals surface area contributed by atoms with E-state index in [9.17, 15) is 4.39 Å². The van der Waals surface area contributed by atoms with E-state index in [1.807, 2.05) is 30.5 Å². The Kier molecular flexibility index (Phi) is 4.36. The molecule has 1 aliphatic heterocycles. The maximum Gasteiger partial charge on any atom is 0.124 e. The number of aromatic nitrogens is 1. The summed E-state index contributed by atoms with van der Waals surface area (Å²) in [6.45, 7) is 1.90. The molecule has 25 heavy (non-hydrogen) atoms. The number of anilines is 2. The molecule has 0 bridgehead atoms. The number of hydrogen-bond acceptors (Lipinski definition) is 4. The van der Waals surface area contributed by atoms with E-state index in [1.54, 1.807) is 23.9 Å². The Hall–Kier alpha value is -2.11. The maximum absolute atomic E-state index is 13.8. The minimum Gasteiger partial charge on any atom is -0.339 e. The molecule has 0 unspecified atom stereocenters. The van der Waals surface area contributed by atoms with Crippen LogP contribution < -0.4 is 4.90 Å². The lowest BCUT2D eigenvalue weighted by Gasteiger charge is -2.34. The van der Waals surface area contributed by atoms with Gasteiger partial charge in [0.1, 0.15) is 5.82 Å². The van der Waals surface area contributed by atoms with E-state index in [1.165, 1.54) is 5.69 Å². The van der Waals surface area contributed by atoms with Crippen molar-refractivity contribution in [2.45, 2.75) is 16.2 Å². The maximum atomic E-state index is 13.8. The first kappa shape index (κ1) is 16.4. The van der Waals surface area contributed by atoms with Gasteiger partial charge >= 0.3 is 0 Å². The van der Waals surface area contributed by atoms with Crippen LogP contribution >= 0.6 is 11.8 Å². The van der Waals surface area contributed by atoms with E-state index in [4.69, 9.17) is 0 Å². The van der Waals surface area contributed by atoms with Crippen LogP contribution in [0.3, 0.4) is 0 Å². The van der Waals surface area contributed by atoms with Crippen LogP contribution in [0, 0.1) is 5.82 Å².